The lowest BCUT2D eigenvalue weighted by atomic mass is 10.2. The largest absolute Gasteiger partial charge is 0.491 e. The monoisotopic (exact) mass is 719 g/mol. The van der Waals surface area contributed by atoms with Crippen molar-refractivity contribution in [3.63, 3.8) is 0 Å². The van der Waals surface area contributed by atoms with E-state index in [1.54, 1.807) is 24.3 Å². The molecule has 0 aromatic heterocycles. The van der Waals surface area contributed by atoms with E-state index in [9.17, 15) is 19.2 Å². The van der Waals surface area contributed by atoms with Crippen LogP contribution < -0.4 is 10.1 Å². The Morgan fingerprint density at radius 3 is 1.18 bits per heavy atom. The fraction of sp³-hybridized carbons (Fsp3) is 0.697. The molecule has 0 saturated carbocycles. The van der Waals surface area contributed by atoms with Gasteiger partial charge in [0.2, 0.25) is 11.7 Å². The number of anilines is 1. The highest BCUT2D eigenvalue weighted by molar-refractivity contribution is 6.32. The number of hydrogen-bond donors (Lipinski definition) is 2. The third-order valence-corrected chi connectivity index (χ3v) is 5.93. The molecule has 0 spiro atoms. The number of carboxylic acid groups (broad SMARTS) is 1. The van der Waals surface area contributed by atoms with Crippen LogP contribution in [0.25, 0.3) is 0 Å². The molecular weight excluding hydrogens is 666 g/mol. The van der Waals surface area contributed by atoms with E-state index in [1.165, 1.54) is 6.92 Å². The average molecular weight is 720 g/mol. The quantitative estimate of drug-likeness (QED) is 0.0568. The molecule has 286 valence electrons. The van der Waals surface area contributed by atoms with Gasteiger partial charge in [0.05, 0.1) is 125 Å². The van der Waals surface area contributed by atoms with Crippen molar-refractivity contribution in [2.75, 3.05) is 137 Å². The number of rotatable bonds is 36. The van der Waals surface area contributed by atoms with Crippen LogP contribution in [0.4, 0.5) is 5.69 Å². The summed E-state index contributed by atoms with van der Waals surface area (Å²) < 4.78 is 59.2. The maximum Gasteiger partial charge on any atom is 0.372 e. The Bertz CT molecular complexity index is 1010. The number of amides is 1. The summed E-state index contributed by atoms with van der Waals surface area (Å²) in [5.74, 6) is -2.66. The molecule has 0 saturated heterocycles. The SMILES string of the molecule is CC(=O)Nc1ccc(OCCOCCOCCOCCOCCOCCOCCOCCOCCOCCOC(=O)CCC(=O)C(=O)O)cc1. The fourth-order valence-electron chi connectivity index (χ4n) is 3.53. The van der Waals surface area contributed by atoms with Gasteiger partial charge < -0.3 is 62.5 Å². The summed E-state index contributed by atoms with van der Waals surface area (Å²) in [6.45, 7) is 9.45. The van der Waals surface area contributed by atoms with Gasteiger partial charge in [-0.15, -0.1) is 0 Å². The summed E-state index contributed by atoms with van der Waals surface area (Å²) in [4.78, 5) is 43.7. The number of carbonyl (C=O) groups is 4. The van der Waals surface area contributed by atoms with Gasteiger partial charge in [-0.2, -0.15) is 0 Å². The molecule has 0 radical (unpaired) electrons. The third-order valence-electron chi connectivity index (χ3n) is 5.93. The van der Waals surface area contributed by atoms with Crippen molar-refractivity contribution in [2.45, 2.75) is 19.8 Å². The molecule has 0 aliphatic heterocycles. The van der Waals surface area contributed by atoms with E-state index in [2.05, 4.69) is 5.32 Å². The van der Waals surface area contributed by atoms with Crippen LogP contribution in [0.2, 0.25) is 0 Å². The van der Waals surface area contributed by atoms with E-state index in [1.807, 2.05) is 0 Å². The van der Waals surface area contributed by atoms with Crippen LogP contribution in [-0.4, -0.2) is 161 Å². The molecule has 1 aromatic rings. The number of carbonyl (C=O) groups excluding carboxylic acids is 3. The smallest absolute Gasteiger partial charge is 0.372 e. The van der Waals surface area contributed by atoms with Gasteiger partial charge >= 0.3 is 11.9 Å². The van der Waals surface area contributed by atoms with Gasteiger partial charge in [-0.25, -0.2) is 4.79 Å². The van der Waals surface area contributed by atoms with E-state index in [0.717, 1.165) is 5.69 Å². The number of ketones is 1. The summed E-state index contributed by atoms with van der Waals surface area (Å²) >= 11 is 0. The first kappa shape index (κ1) is 44.8. The van der Waals surface area contributed by atoms with E-state index in [-0.39, 0.29) is 32.0 Å². The number of nitrogens with one attached hydrogen (secondary N) is 1. The molecule has 17 heteroatoms. The van der Waals surface area contributed by atoms with Crippen LogP contribution >= 0.6 is 0 Å². The van der Waals surface area contributed by atoms with Gasteiger partial charge in [0.15, 0.2) is 0 Å². The number of hydrogen-bond acceptors (Lipinski definition) is 15. The molecule has 0 fully saturated rings. The van der Waals surface area contributed by atoms with E-state index in [4.69, 9.17) is 57.2 Å². The highest BCUT2D eigenvalue weighted by atomic mass is 16.6. The molecule has 2 N–H and O–H groups in total. The lowest BCUT2D eigenvalue weighted by molar-refractivity contribution is -0.151. The summed E-state index contributed by atoms with van der Waals surface area (Å²) in [6, 6.07) is 7.13. The van der Waals surface area contributed by atoms with Crippen LogP contribution in [0.5, 0.6) is 5.75 Å². The van der Waals surface area contributed by atoms with E-state index < -0.39 is 17.7 Å². The lowest BCUT2D eigenvalue weighted by Gasteiger charge is -2.09. The third kappa shape index (κ3) is 29.6. The summed E-state index contributed by atoms with van der Waals surface area (Å²) in [6.07, 6.45) is -0.667. The Balaban J connectivity index is 1.68. The van der Waals surface area contributed by atoms with E-state index >= 15 is 0 Å². The molecule has 1 rings (SSSR count). The second kappa shape index (κ2) is 32.9. The molecule has 17 nitrogen and oxygen atoms in total. The molecule has 1 aromatic carbocycles. The van der Waals surface area contributed by atoms with Crippen molar-refractivity contribution < 1.29 is 76.4 Å². The number of Topliss-reactive ketones (excluding diaryl/α,β-unsaturated/α-hetero) is 1. The Morgan fingerprint density at radius 2 is 0.840 bits per heavy atom. The van der Waals surface area contributed by atoms with Crippen LogP contribution in [0.1, 0.15) is 19.8 Å². The maximum atomic E-state index is 11.4. The molecule has 50 heavy (non-hydrogen) atoms. The minimum absolute atomic E-state index is 0.00927. The van der Waals surface area contributed by atoms with Gasteiger partial charge in [-0.3, -0.25) is 14.4 Å². The highest BCUT2D eigenvalue weighted by Crippen LogP contribution is 2.15. The van der Waals surface area contributed by atoms with Gasteiger partial charge in [-0.1, -0.05) is 0 Å². The Morgan fingerprint density at radius 1 is 0.500 bits per heavy atom. The zero-order valence-corrected chi connectivity index (χ0v) is 28.9. The van der Waals surface area contributed by atoms with Gasteiger partial charge in [-0.05, 0) is 24.3 Å². The van der Waals surface area contributed by atoms with Crippen molar-refractivity contribution in [3.05, 3.63) is 24.3 Å². The molecular formula is C33H53NO16. The van der Waals surface area contributed by atoms with Crippen molar-refractivity contribution in [2.24, 2.45) is 0 Å². The van der Waals surface area contributed by atoms with Gasteiger partial charge in [0.1, 0.15) is 19.0 Å². The zero-order chi connectivity index (χ0) is 36.3. The van der Waals surface area contributed by atoms with Crippen molar-refractivity contribution >= 4 is 29.3 Å². The number of carboxylic acids is 1. The predicted octanol–water partition coefficient (Wildman–Crippen LogP) is 1.15. The minimum Gasteiger partial charge on any atom is -0.491 e. The maximum absolute atomic E-state index is 11.4. The van der Waals surface area contributed by atoms with Crippen LogP contribution in [0, 0.1) is 0 Å². The molecule has 0 bridgehead atoms. The van der Waals surface area contributed by atoms with Gasteiger partial charge in [0.25, 0.3) is 0 Å². The summed E-state index contributed by atoms with van der Waals surface area (Å²) in [7, 11) is 0. The molecule has 1 amide bonds. The first-order valence-corrected chi connectivity index (χ1v) is 16.5. The fourth-order valence-corrected chi connectivity index (χ4v) is 3.53. The van der Waals surface area contributed by atoms with Crippen LogP contribution in [0.3, 0.4) is 0 Å². The normalized spacial score (nSPS) is 11.0. The van der Waals surface area contributed by atoms with Crippen molar-refractivity contribution in [1.29, 1.82) is 0 Å². The van der Waals surface area contributed by atoms with E-state index in [0.29, 0.717) is 125 Å². The number of aliphatic carboxylic acids is 1. The zero-order valence-electron chi connectivity index (χ0n) is 28.9. The Kier molecular flexibility index (Phi) is 29.5. The highest BCUT2D eigenvalue weighted by Gasteiger charge is 2.14. The Labute approximate surface area is 293 Å². The average Bonchev–Trinajstić information content (AvgIpc) is 3.10. The first-order valence-electron chi connectivity index (χ1n) is 16.5. The molecule has 0 aliphatic rings. The Hall–Kier alpha value is -3.26. The number of ether oxygens (including phenoxy) is 11. The molecule has 0 unspecified atom stereocenters. The van der Waals surface area contributed by atoms with Crippen molar-refractivity contribution in [3.8, 4) is 5.75 Å². The lowest BCUT2D eigenvalue weighted by Crippen LogP contribution is -2.17. The number of esters is 1. The molecule has 0 aliphatic carbocycles. The second-order valence-corrected chi connectivity index (χ2v) is 10.0. The summed E-state index contributed by atoms with van der Waals surface area (Å²) in [5, 5.41) is 11.1. The van der Waals surface area contributed by atoms with Crippen LogP contribution in [0.15, 0.2) is 24.3 Å². The predicted molar refractivity (Wildman–Crippen MR) is 176 cm³/mol. The van der Waals surface area contributed by atoms with Crippen LogP contribution in [-0.2, 0) is 66.5 Å². The minimum atomic E-state index is -1.57. The van der Waals surface area contributed by atoms with Gasteiger partial charge in [0, 0.05) is 19.0 Å². The molecule has 0 heterocycles. The molecule has 0 atom stereocenters. The van der Waals surface area contributed by atoms with Crippen molar-refractivity contribution in [1.82, 2.24) is 0 Å². The first-order chi connectivity index (χ1) is 24.4. The standard InChI is InChI=1S/C33H53NO16/c1-28(35)34-29-2-4-30(5-3-29)49-26-24-47-22-20-45-18-16-43-14-12-41-10-8-40-9-11-42-13-15-44-17-19-46-21-23-48-25-27-50-32(37)7-6-31(36)33(38)39/h2-5H,6-27H2,1H3,(H,34,35)(H,38,39). The summed E-state index contributed by atoms with van der Waals surface area (Å²) in [5.41, 5.74) is 0.720. The topological polar surface area (TPSA) is 202 Å². The second-order valence-electron chi connectivity index (χ2n) is 10.0. The number of benzene rings is 1.